The molecule has 0 bridgehead atoms. The lowest BCUT2D eigenvalue weighted by Crippen LogP contribution is -2.51. The predicted molar refractivity (Wildman–Crippen MR) is 154 cm³/mol. The lowest BCUT2D eigenvalue weighted by atomic mass is 9.94. The molecule has 2 aromatic carbocycles. The van der Waals surface area contributed by atoms with Crippen LogP contribution in [-0.4, -0.2) is 45.5 Å². The molecule has 3 atom stereocenters. The molecule has 1 saturated heterocycles. The summed E-state index contributed by atoms with van der Waals surface area (Å²) in [7, 11) is 0. The zero-order valence-electron chi connectivity index (χ0n) is 24.5. The number of carbonyl (C=O) groups is 3. The van der Waals surface area contributed by atoms with Crippen molar-refractivity contribution in [2.45, 2.75) is 77.1 Å². The molecule has 1 aliphatic heterocycles. The van der Waals surface area contributed by atoms with E-state index in [4.69, 9.17) is 10.5 Å². The number of ether oxygens (including phenoxy) is 1. The second-order valence-corrected chi connectivity index (χ2v) is 11.6. The molecule has 2 heterocycles. The molecule has 3 N–H and O–H groups in total. The number of nitrogens with one attached hydrogen (secondary N) is 1. The highest BCUT2D eigenvalue weighted by molar-refractivity contribution is 5.94. The van der Waals surface area contributed by atoms with Crippen molar-refractivity contribution in [3.63, 3.8) is 0 Å². The van der Waals surface area contributed by atoms with E-state index in [1.165, 1.54) is 23.2 Å². The highest BCUT2D eigenvalue weighted by atomic mass is 19.1. The molecular weight excluding hydrogens is 561 g/mol. The van der Waals surface area contributed by atoms with Crippen LogP contribution in [0.25, 0.3) is 11.1 Å². The fourth-order valence-corrected chi connectivity index (χ4v) is 5.40. The number of aromatic nitrogens is 1. The first-order valence-electron chi connectivity index (χ1n) is 14.1. The van der Waals surface area contributed by atoms with Crippen LogP contribution in [0.5, 0.6) is 0 Å². The number of nitrogens with two attached hydrogens (primary N) is 1. The van der Waals surface area contributed by atoms with Crippen molar-refractivity contribution in [2.24, 2.45) is 5.73 Å². The molecule has 1 fully saturated rings. The first-order chi connectivity index (χ1) is 20.3. The third-order valence-electron chi connectivity index (χ3n) is 7.27. The minimum Gasteiger partial charge on any atom is -0.444 e. The molecular formula is C32H35F3N4O4. The van der Waals surface area contributed by atoms with Gasteiger partial charge in [-0.25, -0.2) is 18.0 Å². The van der Waals surface area contributed by atoms with Gasteiger partial charge < -0.3 is 15.8 Å². The van der Waals surface area contributed by atoms with E-state index in [0.717, 1.165) is 24.3 Å². The highest BCUT2D eigenvalue weighted by Gasteiger charge is 2.42. The van der Waals surface area contributed by atoms with Gasteiger partial charge in [0.15, 0.2) is 0 Å². The molecule has 8 nitrogen and oxygen atoms in total. The standard InChI is InChI=1S/C32H35F3N4O4/c1-5-22-9-11-27(39(22)31(42)43-32(2,3)4)30(41)38-26(15-18-13-20(33)17-21(34)14-18)28-23(7-6-12-37-28)19-8-10-25(35)24(16-19)29(36)40/h6-8,10,12-14,16-17,22,26-27H,5,9,11,15H2,1-4H3,(H2,36,40)(H,38,41). The molecule has 4 rings (SSSR count). The maximum absolute atomic E-state index is 14.3. The summed E-state index contributed by atoms with van der Waals surface area (Å²) in [5.74, 6) is -3.82. The van der Waals surface area contributed by atoms with Crippen molar-refractivity contribution in [2.75, 3.05) is 0 Å². The van der Waals surface area contributed by atoms with E-state index in [1.54, 1.807) is 32.9 Å². The Morgan fingerprint density at radius 3 is 2.40 bits per heavy atom. The Bertz CT molecular complexity index is 1500. The Labute approximate surface area is 248 Å². The second kappa shape index (κ2) is 12.8. The SMILES string of the molecule is CCC1CCC(C(=O)NC(Cc2cc(F)cc(F)c2)c2ncccc2-c2ccc(F)c(C(N)=O)c2)N1C(=O)OC(C)(C)C. The summed E-state index contributed by atoms with van der Waals surface area (Å²) in [6.07, 6.45) is 2.41. The van der Waals surface area contributed by atoms with Crippen LogP contribution in [0.15, 0.2) is 54.7 Å². The Kier molecular flexibility index (Phi) is 9.42. The number of primary amides is 1. The molecule has 3 unspecified atom stereocenters. The molecule has 0 aliphatic carbocycles. The van der Waals surface area contributed by atoms with Gasteiger partial charge in [0.1, 0.15) is 29.1 Å². The predicted octanol–water partition coefficient (Wildman–Crippen LogP) is 5.84. The van der Waals surface area contributed by atoms with Gasteiger partial charge in [0, 0.05) is 23.9 Å². The number of amides is 3. The molecule has 3 amide bonds. The molecule has 43 heavy (non-hydrogen) atoms. The molecule has 1 aromatic heterocycles. The van der Waals surface area contributed by atoms with Crippen LogP contribution in [-0.2, 0) is 16.0 Å². The van der Waals surface area contributed by atoms with E-state index < -0.39 is 53.0 Å². The fraction of sp³-hybridized carbons (Fsp3) is 0.375. The number of halogens is 3. The summed E-state index contributed by atoms with van der Waals surface area (Å²) >= 11 is 0. The molecule has 0 spiro atoms. The lowest BCUT2D eigenvalue weighted by Gasteiger charge is -2.32. The van der Waals surface area contributed by atoms with Gasteiger partial charge >= 0.3 is 6.09 Å². The number of nitrogens with zero attached hydrogens (tertiary/aromatic N) is 2. The Morgan fingerprint density at radius 1 is 1.07 bits per heavy atom. The minimum atomic E-state index is -0.959. The summed E-state index contributed by atoms with van der Waals surface area (Å²) in [6.45, 7) is 7.15. The largest absolute Gasteiger partial charge is 0.444 e. The van der Waals surface area contributed by atoms with E-state index in [0.29, 0.717) is 36.1 Å². The lowest BCUT2D eigenvalue weighted by molar-refractivity contribution is -0.126. The van der Waals surface area contributed by atoms with Crippen molar-refractivity contribution >= 4 is 17.9 Å². The maximum Gasteiger partial charge on any atom is 0.411 e. The van der Waals surface area contributed by atoms with Crippen LogP contribution in [0.4, 0.5) is 18.0 Å². The van der Waals surface area contributed by atoms with Gasteiger partial charge in [-0.3, -0.25) is 19.5 Å². The first kappa shape index (κ1) is 31.5. The first-order valence-corrected chi connectivity index (χ1v) is 14.1. The number of pyridine rings is 1. The highest BCUT2D eigenvalue weighted by Crippen LogP contribution is 2.33. The zero-order chi connectivity index (χ0) is 31.5. The number of benzene rings is 2. The van der Waals surface area contributed by atoms with Gasteiger partial charge in [0.05, 0.1) is 17.3 Å². The van der Waals surface area contributed by atoms with Crippen molar-refractivity contribution in [1.82, 2.24) is 15.2 Å². The van der Waals surface area contributed by atoms with E-state index in [-0.39, 0.29) is 23.6 Å². The van der Waals surface area contributed by atoms with Crippen LogP contribution in [0.3, 0.4) is 0 Å². The van der Waals surface area contributed by atoms with Gasteiger partial charge in [0.25, 0.3) is 5.91 Å². The fourth-order valence-electron chi connectivity index (χ4n) is 5.40. The topological polar surface area (TPSA) is 115 Å². The van der Waals surface area contributed by atoms with Gasteiger partial charge in [0.2, 0.25) is 5.91 Å². The Morgan fingerprint density at radius 2 is 1.77 bits per heavy atom. The van der Waals surface area contributed by atoms with E-state index in [1.807, 2.05) is 6.92 Å². The van der Waals surface area contributed by atoms with Crippen LogP contribution >= 0.6 is 0 Å². The number of hydrogen-bond donors (Lipinski definition) is 2. The van der Waals surface area contributed by atoms with Crippen LogP contribution in [0.1, 0.15) is 74.6 Å². The summed E-state index contributed by atoms with van der Waals surface area (Å²) in [5, 5.41) is 2.95. The molecule has 228 valence electrons. The minimum absolute atomic E-state index is 0.0648. The summed E-state index contributed by atoms with van der Waals surface area (Å²) in [5.41, 5.74) is 5.64. The zero-order valence-corrected chi connectivity index (χ0v) is 24.5. The van der Waals surface area contributed by atoms with Crippen molar-refractivity contribution in [3.05, 3.63) is 89.0 Å². The van der Waals surface area contributed by atoms with E-state index in [2.05, 4.69) is 10.3 Å². The van der Waals surface area contributed by atoms with Crippen molar-refractivity contribution < 1.29 is 32.3 Å². The molecule has 3 aromatic rings. The third-order valence-corrected chi connectivity index (χ3v) is 7.27. The normalized spacial score (nSPS) is 17.4. The smallest absolute Gasteiger partial charge is 0.411 e. The molecule has 11 heteroatoms. The summed E-state index contributed by atoms with van der Waals surface area (Å²) < 4.78 is 48.2. The van der Waals surface area contributed by atoms with Crippen LogP contribution < -0.4 is 11.1 Å². The third kappa shape index (κ3) is 7.52. The quantitative estimate of drug-likeness (QED) is 0.339. The van der Waals surface area contributed by atoms with Crippen LogP contribution in [0.2, 0.25) is 0 Å². The van der Waals surface area contributed by atoms with Crippen molar-refractivity contribution in [3.8, 4) is 11.1 Å². The van der Waals surface area contributed by atoms with Crippen molar-refractivity contribution in [1.29, 1.82) is 0 Å². The van der Waals surface area contributed by atoms with Gasteiger partial charge in [-0.1, -0.05) is 19.1 Å². The molecule has 1 aliphatic rings. The monoisotopic (exact) mass is 596 g/mol. The van der Waals surface area contributed by atoms with Crippen LogP contribution in [0, 0.1) is 17.5 Å². The van der Waals surface area contributed by atoms with E-state index >= 15 is 0 Å². The van der Waals surface area contributed by atoms with Gasteiger partial charge in [-0.15, -0.1) is 0 Å². The number of hydrogen-bond acceptors (Lipinski definition) is 5. The Balaban J connectivity index is 1.75. The van der Waals surface area contributed by atoms with Gasteiger partial charge in [-0.2, -0.15) is 0 Å². The Hall–Kier alpha value is -4.41. The average Bonchev–Trinajstić information content (AvgIpc) is 3.36. The number of carbonyl (C=O) groups excluding carboxylic acids is 3. The number of likely N-dealkylation sites (tertiary alicyclic amines) is 1. The average molecular weight is 597 g/mol. The summed E-state index contributed by atoms with van der Waals surface area (Å²) in [4.78, 5) is 44.9. The molecule has 0 radical (unpaired) electrons. The summed E-state index contributed by atoms with van der Waals surface area (Å²) in [6, 6.07) is 8.17. The maximum atomic E-state index is 14.3. The second-order valence-electron chi connectivity index (χ2n) is 11.6. The molecule has 0 saturated carbocycles. The number of rotatable bonds is 8. The van der Waals surface area contributed by atoms with Gasteiger partial charge in [-0.05, 0) is 87.9 Å². The van der Waals surface area contributed by atoms with E-state index in [9.17, 15) is 27.6 Å².